The van der Waals surface area contributed by atoms with E-state index in [1.165, 1.54) is 45.3 Å². The lowest BCUT2D eigenvalue weighted by atomic mass is 9.95. The van der Waals surface area contributed by atoms with Crippen molar-refractivity contribution in [2.45, 2.75) is 50.7 Å². The quantitative estimate of drug-likeness (QED) is 0.760. The highest BCUT2D eigenvalue weighted by Gasteiger charge is 2.28. The van der Waals surface area contributed by atoms with Crippen molar-refractivity contribution in [3.63, 3.8) is 0 Å². The van der Waals surface area contributed by atoms with Gasteiger partial charge >= 0.3 is 0 Å². The Kier molecular flexibility index (Phi) is 4.22. The second-order valence-corrected chi connectivity index (χ2v) is 5.76. The molecule has 2 aliphatic heterocycles. The van der Waals surface area contributed by atoms with Gasteiger partial charge in [-0.1, -0.05) is 0 Å². The average molecular weight is 225 g/mol. The van der Waals surface area contributed by atoms with Crippen molar-refractivity contribution in [1.29, 1.82) is 0 Å². The molecule has 0 aromatic heterocycles. The first kappa shape index (κ1) is 12.3. The predicted molar refractivity (Wildman–Crippen MR) is 68.8 cm³/mol. The van der Waals surface area contributed by atoms with Gasteiger partial charge in [0.05, 0.1) is 0 Å². The van der Waals surface area contributed by atoms with E-state index < -0.39 is 0 Å². The molecule has 0 radical (unpaired) electrons. The van der Waals surface area contributed by atoms with Gasteiger partial charge in [-0.2, -0.15) is 0 Å². The Morgan fingerprint density at radius 3 is 2.38 bits per heavy atom. The molecule has 0 saturated carbocycles. The molecule has 2 atom stereocenters. The van der Waals surface area contributed by atoms with E-state index in [0.29, 0.717) is 6.04 Å². The molecule has 2 rings (SSSR count). The SMILES string of the molecule is CC1CC(N2CCC(N(C)C)CC2)CCN1. The normalized spacial score (nSPS) is 34.5. The Morgan fingerprint density at radius 2 is 1.81 bits per heavy atom. The third kappa shape index (κ3) is 2.96. The van der Waals surface area contributed by atoms with Crippen LogP contribution in [0.15, 0.2) is 0 Å². The standard InChI is InChI=1S/C13H27N3/c1-11-10-13(4-7-14-11)16-8-5-12(6-9-16)15(2)3/h11-14H,4-10H2,1-3H3. The Bertz CT molecular complexity index is 209. The molecule has 2 aliphatic rings. The highest BCUT2D eigenvalue weighted by Crippen LogP contribution is 2.21. The summed E-state index contributed by atoms with van der Waals surface area (Å²) in [5, 5.41) is 3.54. The van der Waals surface area contributed by atoms with Crippen molar-refractivity contribution in [1.82, 2.24) is 15.1 Å². The fourth-order valence-corrected chi connectivity index (χ4v) is 3.20. The molecule has 2 saturated heterocycles. The average Bonchev–Trinajstić information content (AvgIpc) is 2.29. The molecule has 16 heavy (non-hydrogen) atoms. The Balaban J connectivity index is 1.79. The molecule has 0 amide bonds. The first-order valence-electron chi connectivity index (χ1n) is 6.80. The second-order valence-electron chi connectivity index (χ2n) is 5.76. The Hall–Kier alpha value is -0.120. The fourth-order valence-electron chi connectivity index (χ4n) is 3.20. The molecule has 3 heteroatoms. The van der Waals surface area contributed by atoms with Gasteiger partial charge in [0, 0.05) is 18.1 Å². The monoisotopic (exact) mass is 225 g/mol. The minimum absolute atomic E-state index is 0.713. The molecule has 2 unspecified atom stereocenters. The summed E-state index contributed by atoms with van der Waals surface area (Å²) in [6, 6.07) is 2.38. The minimum Gasteiger partial charge on any atom is -0.314 e. The van der Waals surface area contributed by atoms with E-state index in [2.05, 4.69) is 36.1 Å². The summed E-state index contributed by atoms with van der Waals surface area (Å²) >= 11 is 0. The lowest BCUT2D eigenvalue weighted by Crippen LogP contribution is -2.51. The molecule has 0 aromatic carbocycles. The first-order valence-corrected chi connectivity index (χ1v) is 6.80. The number of rotatable bonds is 2. The highest BCUT2D eigenvalue weighted by molar-refractivity contribution is 4.86. The van der Waals surface area contributed by atoms with Crippen molar-refractivity contribution in [2.75, 3.05) is 33.7 Å². The Labute approximate surface area is 100 Å². The van der Waals surface area contributed by atoms with Crippen LogP contribution in [0.4, 0.5) is 0 Å². The van der Waals surface area contributed by atoms with Gasteiger partial charge in [-0.05, 0) is 66.3 Å². The summed E-state index contributed by atoms with van der Waals surface area (Å²) in [6.45, 7) is 6.14. The molecule has 3 nitrogen and oxygen atoms in total. The first-order chi connectivity index (χ1) is 7.66. The maximum absolute atomic E-state index is 3.54. The van der Waals surface area contributed by atoms with Gasteiger partial charge in [0.25, 0.3) is 0 Å². The molecule has 1 N–H and O–H groups in total. The molecule has 2 heterocycles. The zero-order valence-corrected chi connectivity index (χ0v) is 11.1. The lowest BCUT2D eigenvalue weighted by Gasteiger charge is -2.42. The van der Waals surface area contributed by atoms with E-state index >= 15 is 0 Å². The number of hydrogen-bond acceptors (Lipinski definition) is 3. The Morgan fingerprint density at radius 1 is 1.12 bits per heavy atom. The molecule has 94 valence electrons. The van der Waals surface area contributed by atoms with Gasteiger partial charge in [-0.25, -0.2) is 0 Å². The summed E-state index contributed by atoms with van der Waals surface area (Å²) in [6.07, 6.45) is 5.39. The van der Waals surface area contributed by atoms with Crippen molar-refractivity contribution in [2.24, 2.45) is 0 Å². The van der Waals surface area contributed by atoms with Crippen LogP contribution in [-0.4, -0.2) is 61.7 Å². The van der Waals surface area contributed by atoms with Gasteiger partial charge in [0.2, 0.25) is 0 Å². The van der Waals surface area contributed by atoms with Crippen LogP contribution in [0.3, 0.4) is 0 Å². The fraction of sp³-hybridized carbons (Fsp3) is 1.00. The molecule has 0 spiro atoms. The van der Waals surface area contributed by atoms with E-state index in [-0.39, 0.29) is 0 Å². The minimum atomic E-state index is 0.713. The van der Waals surface area contributed by atoms with Crippen LogP contribution in [0.1, 0.15) is 32.6 Å². The van der Waals surface area contributed by atoms with Gasteiger partial charge < -0.3 is 15.1 Å². The third-order valence-electron chi connectivity index (χ3n) is 4.34. The van der Waals surface area contributed by atoms with Crippen molar-refractivity contribution >= 4 is 0 Å². The summed E-state index contributed by atoms with van der Waals surface area (Å²) in [7, 11) is 4.43. The van der Waals surface area contributed by atoms with E-state index in [9.17, 15) is 0 Å². The van der Waals surface area contributed by atoms with E-state index in [4.69, 9.17) is 0 Å². The summed E-state index contributed by atoms with van der Waals surface area (Å²) in [4.78, 5) is 5.12. The van der Waals surface area contributed by atoms with Crippen molar-refractivity contribution < 1.29 is 0 Å². The van der Waals surface area contributed by atoms with Crippen LogP contribution in [0.2, 0.25) is 0 Å². The molecule has 0 bridgehead atoms. The second kappa shape index (κ2) is 5.48. The number of likely N-dealkylation sites (tertiary alicyclic amines) is 1. The van der Waals surface area contributed by atoms with Crippen LogP contribution in [-0.2, 0) is 0 Å². The van der Waals surface area contributed by atoms with Crippen LogP contribution in [0.25, 0.3) is 0 Å². The smallest absolute Gasteiger partial charge is 0.0122 e. The zero-order valence-electron chi connectivity index (χ0n) is 11.1. The number of piperidine rings is 2. The van der Waals surface area contributed by atoms with E-state index in [1.807, 2.05) is 0 Å². The predicted octanol–water partition coefficient (Wildman–Crippen LogP) is 1.15. The van der Waals surface area contributed by atoms with Crippen LogP contribution in [0, 0.1) is 0 Å². The molecule has 0 aliphatic carbocycles. The topological polar surface area (TPSA) is 18.5 Å². The lowest BCUT2D eigenvalue weighted by molar-refractivity contribution is 0.0856. The van der Waals surface area contributed by atoms with E-state index in [1.54, 1.807) is 0 Å². The molecular weight excluding hydrogens is 198 g/mol. The van der Waals surface area contributed by atoms with Crippen LogP contribution < -0.4 is 5.32 Å². The van der Waals surface area contributed by atoms with Crippen LogP contribution in [0.5, 0.6) is 0 Å². The largest absolute Gasteiger partial charge is 0.314 e. The summed E-state index contributed by atoms with van der Waals surface area (Å²) < 4.78 is 0. The van der Waals surface area contributed by atoms with Gasteiger partial charge in [0.15, 0.2) is 0 Å². The van der Waals surface area contributed by atoms with Crippen molar-refractivity contribution in [3.8, 4) is 0 Å². The molecule has 2 fully saturated rings. The van der Waals surface area contributed by atoms with Gasteiger partial charge in [0.1, 0.15) is 0 Å². The number of hydrogen-bond donors (Lipinski definition) is 1. The number of nitrogens with one attached hydrogen (secondary N) is 1. The number of nitrogens with zero attached hydrogens (tertiary/aromatic N) is 2. The summed E-state index contributed by atoms with van der Waals surface area (Å²) in [5.74, 6) is 0. The van der Waals surface area contributed by atoms with E-state index in [0.717, 1.165) is 12.1 Å². The molecule has 0 aromatic rings. The maximum atomic E-state index is 3.54. The van der Waals surface area contributed by atoms with Crippen molar-refractivity contribution in [3.05, 3.63) is 0 Å². The highest BCUT2D eigenvalue weighted by atomic mass is 15.2. The van der Waals surface area contributed by atoms with Crippen LogP contribution >= 0.6 is 0 Å². The molecular formula is C13H27N3. The van der Waals surface area contributed by atoms with Gasteiger partial charge in [-0.3, -0.25) is 0 Å². The summed E-state index contributed by atoms with van der Waals surface area (Å²) in [5.41, 5.74) is 0. The zero-order chi connectivity index (χ0) is 11.5. The van der Waals surface area contributed by atoms with Gasteiger partial charge in [-0.15, -0.1) is 0 Å². The maximum Gasteiger partial charge on any atom is 0.0122 e. The third-order valence-corrected chi connectivity index (χ3v) is 4.34.